The molecule has 0 aliphatic heterocycles. The molecule has 0 aliphatic carbocycles. The molecule has 0 aliphatic rings. The Morgan fingerprint density at radius 3 is 2.55 bits per heavy atom. The van der Waals surface area contributed by atoms with Gasteiger partial charge in [-0.3, -0.25) is 0 Å². The first kappa shape index (κ1) is 14.4. The number of rotatable bonds is 5. The molecule has 20 heavy (non-hydrogen) atoms. The topological polar surface area (TPSA) is 57.1 Å². The lowest BCUT2D eigenvalue weighted by molar-refractivity contribution is 0.284. The fourth-order valence-corrected chi connectivity index (χ4v) is 1.41. The maximum absolute atomic E-state index is 13.0. The number of aromatic nitrogens is 3. The molecule has 0 fully saturated rings. The van der Waals surface area contributed by atoms with Crippen LogP contribution in [0.1, 0.15) is 13.3 Å². The number of benzene rings is 1. The van der Waals surface area contributed by atoms with Crippen LogP contribution in [0.5, 0.6) is 17.8 Å². The summed E-state index contributed by atoms with van der Waals surface area (Å²) in [5, 5.41) is -0.122. The quantitative estimate of drug-likeness (QED) is 0.847. The van der Waals surface area contributed by atoms with Gasteiger partial charge in [0, 0.05) is 6.07 Å². The van der Waals surface area contributed by atoms with E-state index in [2.05, 4.69) is 15.0 Å². The van der Waals surface area contributed by atoms with E-state index < -0.39 is 11.6 Å². The van der Waals surface area contributed by atoms with Crippen molar-refractivity contribution < 1.29 is 18.3 Å². The third-order valence-electron chi connectivity index (χ3n) is 2.10. The Morgan fingerprint density at radius 2 is 1.85 bits per heavy atom. The zero-order chi connectivity index (χ0) is 14.5. The highest BCUT2D eigenvalue weighted by Crippen LogP contribution is 2.22. The molecule has 0 saturated heterocycles. The Hall–Kier alpha value is -2.02. The summed E-state index contributed by atoms with van der Waals surface area (Å²) in [6, 6.07) is 2.89. The maximum atomic E-state index is 13.0. The van der Waals surface area contributed by atoms with Gasteiger partial charge in [0.2, 0.25) is 5.28 Å². The molecule has 0 bridgehead atoms. The van der Waals surface area contributed by atoms with Crippen LogP contribution in [0.2, 0.25) is 5.28 Å². The van der Waals surface area contributed by atoms with Gasteiger partial charge in [-0.25, -0.2) is 8.78 Å². The lowest BCUT2D eigenvalue weighted by Crippen LogP contribution is -2.03. The molecule has 8 heteroatoms. The molecule has 1 aromatic carbocycles. The fraction of sp³-hybridized carbons (Fsp3) is 0.250. The van der Waals surface area contributed by atoms with Crippen molar-refractivity contribution in [3.63, 3.8) is 0 Å². The minimum Gasteiger partial charge on any atom is -0.463 e. The Balaban J connectivity index is 2.19. The Bertz CT molecular complexity index is 613. The second-order valence-corrected chi connectivity index (χ2v) is 4.03. The van der Waals surface area contributed by atoms with Gasteiger partial charge in [0.15, 0.2) is 11.6 Å². The summed E-state index contributed by atoms with van der Waals surface area (Å²) < 4.78 is 36.2. The molecule has 1 aromatic heterocycles. The molecule has 0 N–H and O–H groups in total. The summed E-state index contributed by atoms with van der Waals surface area (Å²) in [5.74, 6) is -1.98. The van der Waals surface area contributed by atoms with Crippen LogP contribution in [0.3, 0.4) is 0 Å². The largest absolute Gasteiger partial charge is 0.463 e. The van der Waals surface area contributed by atoms with Crippen LogP contribution in [0.4, 0.5) is 8.78 Å². The molecule has 106 valence electrons. The first-order valence-electron chi connectivity index (χ1n) is 5.75. The molecule has 5 nitrogen and oxygen atoms in total. The van der Waals surface area contributed by atoms with Crippen molar-refractivity contribution in [2.45, 2.75) is 13.3 Å². The van der Waals surface area contributed by atoms with E-state index in [4.69, 9.17) is 21.1 Å². The zero-order valence-corrected chi connectivity index (χ0v) is 11.2. The molecule has 0 amide bonds. The summed E-state index contributed by atoms with van der Waals surface area (Å²) in [4.78, 5) is 11.3. The van der Waals surface area contributed by atoms with Gasteiger partial charge in [-0.05, 0) is 30.2 Å². The molecular formula is C12H10ClF2N3O2. The third kappa shape index (κ3) is 3.74. The monoisotopic (exact) mass is 301 g/mol. The van der Waals surface area contributed by atoms with Crippen LogP contribution in [-0.2, 0) is 0 Å². The third-order valence-corrected chi connectivity index (χ3v) is 2.27. The molecule has 0 radical (unpaired) electrons. The van der Waals surface area contributed by atoms with Crippen molar-refractivity contribution in [3.8, 4) is 17.8 Å². The normalized spacial score (nSPS) is 10.4. The molecule has 2 rings (SSSR count). The van der Waals surface area contributed by atoms with Gasteiger partial charge in [0.05, 0.1) is 6.61 Å². The second-order valence-electron chi connectivity index (χ2n) is 3.70. The van der Waals surface area contributed by atoms with E-state index in [1.807, 2.05) is 6.92 Å². The fourth-order valence-electron chi connectivity index (χ4n) is 1.26. The van der Waals surface area contributed by atoms with E-state index in [-0.39, 0.29) is 23.1 Å². The van der Waals surface area contributed by atoms with Gasteiger partial charge in [-0.2, -0.15) is 9.97 Å². The smallest absolute Gasteiger partial charge is 0.329 e. The van der Waals surface area contributed by atoms with Gasteiger partial charge in [0.25, 0.3) is 0 Å². The average molecular weight is 302 g/mol. The summed E-state index contributed by atoms with van der Waals surface area (Å²) in [6.07, 6.45) is 0.767. The van der Waals surface area contributed by atoms with E-state index in [0.717, 1.165) is 18.6 Å². The van der Waals surface area contributed by atoms with E-state index >= 15 is 0 Å². The van der Waals surface area contributed by atoms with Crippen LogP contribution in [0.25, 0.3) is 0 Å². The van der Waals surface area contributed by atoms with E-state index in [1.54, 1.807) is 0 Å². The van der Waals surface area contributed by atoms with Gasteiger partial charge in [-0.15, -0.1) is 4.98 Å². The molecule has 2 aromatic rings. The van der Waals surface area contributed by atoms with Crippen LogP contribution in [0.15, 0.2) is 18.2 Å². The first-order chi connectivity index (χ1) is 9.58. The minimum absolute atomic E-state index is 0.00411. The van der Waals surface area contributed by atoms with Crippen LogP contribution < -0.4 is 9.47 Å². The van der Waals surface area contributed by atoms with Crippen molar-refractivity contribution in [2.75, 3.05) is 6.61 Å². The van der Waals surface area contributed by atoms with Gasteiger partial charge in [0.1, 0.15) is 5.75 Å². The molecule has 0 unspecified atom stereocenters. The summed E-state index contributed by atoms with van der Waals surface area (Å²) in [7, 11) is 0. The number of nitrogens with zero attached hydrogens (tertiary/aromatic N) is 3. The van der Waals surface area contributed by atoms with Crippen LogP contribution in [-0.4, -0.2) is 21.6 Å². The van der Waals surface area contributed by atoms with Crippen molar-refractivity contribution in [3.05, 3.63) is 35.1 Å². The number of hydrogen-bond donors (Lipinski definition) is 0. The summed E-state index contributed by atoms with van der Waals surface area (Å²) in [5.41, 5.74) is 0. The average Bonchev–Trinajstić information content (AvgIpc) is 2.40. The van der Waals surface area contributed by atoms with Crippen LogP contribution in [0, 0.1) is 11.6 Å². The van der Waals surface area contributed by atoms with Crippen molar-refractivity contribution >= 4 is 11.6 Å². The summed E-state index contributed by atoms with van der Waals surface area (Å²) >= 11 is 5.70. The second kappa shape index (κ2) is 6.42. The molecular weight excluding hydrogens is 292 g/mol. The molecule has 0 spiro atoms. The van der Waals surface area contributed by atoms with Crippen molar-refractivity contribution in [2.24, 2.45) is 0 Å². The SMILES string of the molecule is CCCOc1nc(Cl)nc(Oc2ccc(F)c(F)c2)n1. The predicted octanol–water partition coefficient (Wildman–Crippen LogP) is 3.38. The highest BCUT2D eigenvalue weighted by molar-refractivity contribution is 6.28. The van der Waals surface area contributed by atoms with Gasteiger partial charge >= 0.3 is 12.0 Å². The molecule has 0 saturated carbocycles. The summed E-state index contributed by atoms with van der Waals surface area (Å²) in [6.45, 7) is 2.33. The zero-order valence-electron chi connectivity index (χ0n) is 10.4. The highest BCUT2D eigenvalue weighted by Gasteiger charge is 2.10. The lowest BCUT2D eigenvalue weighted by atomic mass is 10.3. The van der Waals surface area contributed by atoms with Crippen molar-refractivity contribution in [1.82, 2.24) is 15.0 Å². The van der Waals surface area contributed by atoms with E-state index in [9.17, 15) is 8.78 Å². The highest BCUT2D eigenvalue weighted by atomic mass is 35.5. The number of halogens is 3. The molecule has 0 atom stereocenters. The maximum Gasteiger partial charge on any atom is 0.329 e. The Kier molecular flexibility index (Phi) is 4.62. The predicted molar refractivity (Wildman–Crippen MR) is 67.1 cm³/mol. The van der Waals surface area contributed by atoms with E-state index in [0.29, 0.717) is 6.61 Å². The number of ether oxygens (including phenoxy) is 2. The van der Waals surface area contributed by atoms with Gasteiger partial charge < -0.3 is 9.47 Å². The Labute approximate surface area is 118 Å². The Morgan fingerprint density at radius 1 is 1.10 bits per heavy atom. The molecule has 1 heterocycles. The lowest BCUT2D eigenvalue weighted by Gasteiger charge is -2.06. The van der Waals surface area contributed by atoms with E-state index in [1.165, 1.54) is 6.07 Å². The minimum atomic E-state index is -1.04. The standard InChI is InChI=1S/C12H10ClF2N3O2/c1-2-5-19-11-16-10(13)17-12(18-11)20-7-3-4-8(14)9(15)6-7/h3-4,6H,2,5H2,1H3. The van der Waals surface area contributed by atoms with Crippen LogP contribution >= 0.6 is 11.6 Å². The van der Waals surface area contributed by atoms with Crippen molar-refractivity contribution in [1.29, 1.82) is 0 Å². The van der Waals surface area contributed by atoms with Gasteiger partial charge in [-0.1, -0.05) is 6.92 Å². The first-order valence-corrected chi connectivity index (χ1v) is 6.13. The number of hydrogen-bond acceptors (Lipinski definition) is 5.